The van der Waals surface area contributed by atoms with Crippen molar-refractivity contribution in [1.82, 2.24) is 5.32 Å². The van der Waals surface area contributed by atoms with Gasteiger partial charge in [-0.25, -0.2) is 0 Å². The number of nitrogens with one attached hydrogen (secondary N) is 1. The predicted octanol–water partition coefficient (Wildman–Crippen LogP) is 5.36. The molecule has 0 bridgehead atoms. The minimum Gasteiger partial charge on any atom is -0.483 e. The van der Waals surface area contributed by atoms with Crippen LogP contribution in [0.5, 0.6) is 5.75 Å². The minimum atomic E-state index is -0.223. The summed E-state index contributed by atoms with van der Waals surface area (Å²) < 4.78 is 5.72. The van der Waals surface area contributed by atoms with Gasteiger partial charge in [0.15, 0.2) is 6.61 Å². The van der Waals surface area contributed by atoms with Crippen molar-refractivity contribution in [3.05, 3.63) is 88.4 Å². The van der Waals surface area contributed by atoms with Crippen LogP contribution >= 0.6 is 23.2 Å². The quantitative estimate of drug-likeness (QED) is 0.620. The summed E-state index contributed by atoms with van der Waals surface area (Å²) in [4.78, 5) is 12.1. The largest absolute Gasteiger partial charge is 0.483 e. The zero-order valence-electron chi connectivity index (χ0n) is 13.9. The third-order valence-electron chi connectivity index (χ3n) is 3.82. The number of ether oxygens (including phenoxy) is 1. The van der Waals surface area contributed by atoms with Crippen LogP contribution < -0.4 is 10.1 Å². The van der Waals surface area contributed by atoms with Gasteiger partial charge in [-0.2, -0.15) is 0 Å². The van der Waals surface area contributed by atoms with Crippen LogP contribution in [0.1, 0.15) is 5.56 Å². The van der Waals surface area contributed by atoms with Gasteiger partial charge in [0.05, 0.1) is 0 Å². The number of hydrogen-bond donors (Lipinski definition) is 1. The highest BCUT2D eigenvalue weighted by Crippen LogP contribution is 2.29. The number of hydrogen-bond acceptors (Lipinski definition) is 2. The summed E-state index contributed by atoms with van der Waals surface area (Å²) in [6, 6.07) is 22.7. The standard InChI is InChI=1S/C21H17Cl2NO2/c22-17-11-10-16(19(23)12-17)13-24-21(25)14-26-20-9-5-4-8-18(20)15-6-2-1-3-7-15/h1-12H,13-14H2,(H,24,25). The van der Waals surface area contributed by atoms with Crippen molar-refractivity contribution in [2.24, 2.45) is 0 Å². The van der Waals surface area contributed by atoms with Gasteiger partial charge in [0.1, 0.15) is 5.75 Å². The Labute approximate surface area is 162 Å². The highest BCUT2D eigenvalue weighted by Gasteiger charge is 2.09. The smallest absolute Gasteiger partial charge is 0.258 e. The molecule has 3 aromatic carbocycles. The lowest BCUT2D eigenvalue weighted by Gasteiger charge is -2.12. The topological polar surface area (TPSA) is 38.3 Å². The molecule has 5 heteroatoms. The summed E-state index contributed by atoms with van der Waals surface area (Å²) in [6.07, 6.45) is 0. The molecule has 3 nitrogen and oxygen atoms in total. The third-order valence-corrected chi connectivity index (χ3v) is 4.41. The number of halogens is 2. The Morgan fingerprint density at radius 1 is 0.923 bits per heavy atom. The average Bonchev–Trinajstić information content (AvgIpc) is 2.66. The molecule has 3 aromatic rings. The van der Waals surface area contributed by atoms with E-state index in [0.717, 1.165) is 16.7 Å². The van der Waals surface area contributed by atoms with Crippen LogP contribution in [0.25, 0.3) is 11.1 Å². The Balaban J connectivity index is 1.60. The first kappa shape index (κ1) is 18.3. The fourth-order valence-corrected chi connectivity index (χ4v) is 2.98. The molecule has 0 aliphatic carbocycles. The lowest BCUT2D eigenvalue weighted by atomic mass is 10.1. The lowest BCUT2D eigenvalue weighted by Crippen LogP contribution is -2.28. The third kappa shape index (κ3) is 4.78. The maximum absolute atomic E-state index is 12.1. The normalized spacial score (nSPS) is 10.4. The summed E-state index contributed by atoms with van der Waals surface area (Å²) in [5.74, 6) is 0.442. The van der Waals surface area contributed by atoms with E-state index < -0.39 is 0 Å². The molecular weight excluding hydrogens is 369 g/mol. The minimum absolute atomic E-state index is 0.0743. The van der Waals surface area contributed by atoms with E-state index in [1.165, 1.54) is 0 Å². The van der Waals surface area contributed by atoms with Gasteiger partial charge >= 0.3 is 0 Å². The van der Waals surface area contributed by atoms with E-state index in [0.29, 0.717) is 22.3 Å². The van der Waals surface area contributed by atoms with E-state index in [2.05, 4.69) is 5.32 Å². The van der Waals surface area contributed by atoms with Crippen molar-refractivity contribution >= 4 is 29.1 Å². The van der Waals surface area contributed by atoms with Gasteiger partial charge in [-0.1, -0.05) is 77.8 Å². The molecule has 0 saturated heterocycles. The molecule has 0 aliphatic heterocycles. The highest BCUT2D eigenvalue weighted by atomic mass is 35.5. The van der Waals surface area contributed by atoms with Crippen molar-refractivity contribution in [3.8, 4) is 16.9 Å². The Kier molecular flexibility index (Phi) is 6.16. The maximum Gasteiger partial charge on any atom is 0.258 e. The molecule has 0 aliphatic rings. The first-order valence-corrected chi connectivity index (χ1v) is 8.87. The molecule has 1 N–H and O–H groups in total. The summed E-state index contributed by atoms with van der Waals surface area (Å²) in [5, 5.41) is 3.88. The number of para-hydroxylation sites is 1. The molecule has 132 valence electrons. The van der Waals surface area contributed by atoms with Crippen LogP contribution in [0.4, 0.5) is 0 Å². The van der Waals surface area contributed by atoms with Crippen molar-refractivity contribution in [2.45, 2.75) is 6.54 Å². The van der Waals surface area contributed by atoms with Crippen molar-refractivity contribution < 1.29 is 9.53 Å². The van der Waals surface area contributed by atoms with E-state index in [1.54, 1.807) is 18.2 Å². The summed E-state index contributed by atoms with van der Waals surface area (Å²) in [7, 11) is 0. The van der Waals surface area contributed by atoms with Gasteiger partial charge in [-0.05, 0) is 29.3 Å². The Morgan fingerprint density at radius 2 is 1.65 bits per heavy atom. The van der Waals surface area contributed by atoms with Gasteiger partial charge in [0.25, 0.3) is 5.91 Å². The van der Waals surface area contributed by atoms with Crippen LogP contribution in [0.3, 0.4) is 0 Å². The molecule has 0 radical (unpaired) electrons. The van der Waals surface area contributed by atoms with Crippen LogP contribution in [-0.2, 0) is 11.3 Å². The molecule has 0 unspecified atom stereocenters. The monoisotopic (exact) mass is 385 g/mol. The average molecular weight is 386 g/mol. The molecule has 26 heavy (non-hydrogen) atoms. The molecular formula is C21H17Cl2NO2. The van der Waals surface area contributed by atoms with E-state index in [-0.39, 0.29) is 12.5 Å². The van der Waals surface area contributed by atoms with E-state index in [1.807, 2.05) is 54.6 Å². The number of amides is 1. The van der Waals surface area contributed by atoms with Crippen LogP contribution in [-0.4, -0.2) is 12.5 Å². The van der Waals surface area contributed by atoms with Gasteiger partial charge < -0.3 is 10.1 Å². The summed E-state index contributed by atoms with van der Waals surface area (Å²) >= 11 is 12.0. The lowest BCUT2D eigenvalue weighted by molar-refractivity contribution is -0.123. The molecule has 0 heterocycles. The molecule has 0 spiro atoms. The van der Waals surface area contributed by atoms with Crippen LogP contribution in [0.15, 0.2) is 72.8 Å². The van der Waals surface area contributed by atoms with Gasteiger partial charge in [-0.15, -0.1) is 0 Å². The van der Waals surface area contributed by atoms with Gasteiger partial charge in [-0.3, -0.25) is 4.79 Å². The number of carbonyl (C=O) groups excluding carboxylic acids is 1. The second-order valence-electron chi connectivity index (χ2n) is 5.66. The Bertz CT molecular complexity index is 898. The molecule has 0 atom stereocenters. The summed E-state index contributed by atoms with van der Waals surface area (Å²) in [6.45, 7) is 0.244. The van der Waals surface area contributed by atoms with E-state index in [4.69, 9.17) is 27.9 Å². The first-order valence-electron chi connectivity index (χ1n) is 8.11. The second kappa shape index (κ2) is 8.75. The van der Waals surface area contributed by atoms with Gasteiger partial charge in [0, 0.05) is 22.2 Å². The SMILES string of the molecule is O=C(COc1ccccc1-c1ccccc1)NCc1ccc(Cl)cc1Cl. The Morgan fingerprint density at radius 3 is 2.42 bits per heavy atom. The number of rotatable bonds is 6. The number of benzene rings is 3. The maximum atomic E-state index is 12.1. The molecule has 0 fully saturated rings. The fraction of sp³-hybridized carbons (Fsp3) is 0.0952. The van der Waals surface area contributed by atoms with Crippen LogP contribution in [0, 0.1) is 0 Å². The first-order chi connectivity index (χ1) is 12.6. The van der Waals surface area contributed by atoms with Crippen molar-refractivity contribution in [3.63, 3.8) is 0 Å². The molecule has 3 rings (SSSR count). The van der Waals surface area contributed by atoms with Crippen molar-refractivity contribution in [1.29, 1.82) is 0 Å². The van der Waals surface area contributed by atoms with Gasteiger partial charge in [0.2, 0.25) is 0 Å². The van der Waals surface area contributed by atoms with E-state index >= 15 is 0 Å². The molecule has 0 aromatic heterocycles. The number of carbonyl (C=O) groups is 1. The second-order valence-corrected chi connectivity index (χ2v) is 6.51. The highest BCUT2D eigenvalue weighted by molar-refractivity contribution is 6.35. The zero-order chi connectivity index (χ0) is 18.4. The fourth-order valence-electron chi connectivity index (χ4n) is 2.50. The summed E-state index contributed by atoms with van der Waals surface area (Å²) in [5.41, 5.74) is 2.78. The molecule has 0 saturated carbocycles. The van der Waals surface area contributed by atoms with Crippen molar-refractivity contribution in [2.75, 3.05) is 6.61 Å². The van der Waals surface area contributed by atoms with E-state index in [9.17, 15) is 4.79 Å². The Hall–Kier alpha value is -2.49. The van der Waals surface area contributed by atoms with Crippen LogP contribution in [0.2, 0.25) is 10.0 Å². The predicted molar refractivity (Wildman–Crippen MR) is 106 cm³/mol. The molecule has 1 amide bonds. The zero-order valence-corrected chi connectivity index (χ0v) is 15.4.